The Hall–Kier alpha value is -1.91. The molecule has 5 heteroatoms. The highest BCUT2D eigenvalue weighted by molar-refractivity contribution is 9.10. The van der Waals surface area contributed by atoms with Crippen LogP contribution in [0.5, 0.6) is 0 Å². The molecular weight excluding hydrogens is 356 g/mol. The smallest absolute Gasteiger partial charge is 0.344 e. The van der Waals surface area contributed by atoms with Crippen LogP contribution >= 0.6 is 27.5 Å². The van der Waals surface area contributed by atoms with Crippen LogP contribution in [0, 0.1) is 0 Å². The summed E-state index contributed by atoms with van der Waals surface area (Å²) in [7, 11) is 0. The largest absolute Gasteiger partial charge is 0.422 e. The minimum atomic E-state index is -0.575. The molecule has 0 spiro atoms. The predicted octanol–water partition coefficient (Wildman–Crippen LogP) is 4.60. The molecule has 0 saturated carbocycles. The Morgan fingerprint density at radius 3 is 2.57 bits per heavy atom. The number of carbonyl (C=O) groups is 1. The molecule has 2 aromatic carbocycles. The van der Waals surface area contributed by atoms with E-state index in [1.807, 2.05) is 12.1 Å². The van der Waals surface area contributed by atoms with Gasteiger partial charge >= 0.3 is 5.63 Å². The zero-order valence-corrected chi connectivity index (χ0v) is 12.9. The van der Waals surface area contributed by atoms with Crippen molar-refractivity contribution >= 4 is 43.7 Å². The molecule has 104 valence electrons. The number of para-hydroxylation sites is 1. The van der Waals surface area contributed by atoms with Gasteiger partial charge in [0, 0.05) is 21.0 Å². The van der Waals surface area contributed by atoms with Gasteiger partial charge in [-0.3, -0.25) is 4.79 Å². The first-order chi connectivity index (χ1) is 10.1. The van der Waals surface area contributed by atoms with Crippen LogP contribution in [0.2, 0.25) is 0 Å². The molecule has 0 bridgehead atoms. The normalized spacial score (nSPS) is 10.8. The molecule has 0 unspecified atom stereocenters. The average molecular weight is 364 g/mol. The number of rotatable bonds is 2. The molecule has 0 amide bonds. The van der Waals surface area contributed by atoms with Gasteiger partial charge in [-0.05, 0) is 41.9 Å². The predicted molar refractivity (Wildman–Crippen MR) is 85.8 cm³/mol. The van der Waals surface area contributed by atoms with Crippen molar-refractivity contribution in [1.82, 2.24) is 0 Å². The lowest BCUT2D eigenvalue weighted by Gasteiger charge is -2.06. The zero-order valence-electron chi connectivity index (χ0n) is 10.6. The van der Waals surface area contributed by atoms with E-state index in [1.165, 1.54) is 0 Å². The van der Waals surface area contributed by atoms with Crippen molar-refractivity contribution in [3.8, 4) is 11.1 Å². The maximum atomic E-state index is 12.2. The van der Waals surface area contributed by atoms with Gasteiger partial charge in [-0.2, -0.15) is 0 Å². The Morgan fingerprint density at radius 2 is 1.81 bits per heavy atom. The quantitative estimate of drug-likeness (QED) is 0.494. The van der Waals surface area contributed by atoms with Gasteiger partial charge in [0.15, 0.2) is 0 Å². The zero-order chi connectivity index (χ0) is 15.0. The first-order valence-corrected chi connectivity index (χ1v) is 7.26. The third-order valence-electron chi connectivity index (χ3n) is 3.12. The van der Waals surface area contributed by atoms with Gasteiger partial charge in [0.25, 0.3) is 5.24 Å². The number of hydrogen-bond acceptors (Lipinski definition) is 3. The summed E-state index contributed by atoms with van der Waals surface area (Å²) in [6.45, 7) is 0. The fraction of sp³-hybridized carbons (Fsp3) is 0. The summed E-state index contributed by atoms with van der Waals surface area (Å²) in [5.74, 6) is 0. The van der Waals surface area contributed by atoms with Gasteiger partial charge in [-0.25, -0.2) is 4.79 Å². The second-order valence-corrected chi connectivity index (χ2v) is 5.65. The van der Waals surface area contributed by atoms with E-state index in [1.54, 1.807) is 36.4 Å². The molecule has 0 saturated heterocycles. The van der Waals surface area contributed by atoms with Crippen molar-refractivity contribution in [2.24, 2.45) is 0 Å². The van der Waals surface area contributed by atoms with Crippen LogP contribution in [-0.4, -0.2) is 5.24 Å². The Kier molecular flexibility index (Phi) is 3.66. The number of halogens is 2. The second-order valence-electron chi connectivity index (χ2n) is 4.45. The van der Waals surface area contributed by atoms with Crippen LogP contribution in [0.4, 0.5) is 0 Å². The molecule has 0 aliphatic rings. The molecule has 0 aliphatic heterocycles. The molecule has 3 nitrogen and oxygen atoms in total. The Labute approximate surface area is 133 Å². The second kappa shape index (κ2) is 5.47. The van der Waals surface area contributed by atoms with Crippen LogP contribution in [-0.2, 0) is 0 Å². The average Bonchev–Trinajstić information content (AvgIpc) is 2.47. The summed E-state index contributed by atoms with van der Waals surface area (Å²) in [4.78, 5) is 23.4. The lowest BCUT2D eigenvalue weighted by molar-refractivity contribution is 0.108. The van der Waals surface area contributed by atoms with E-state index >= 15 is 0 Å². The van der Waals surface area contributed by atoms with Gasteiger partial charge in [-0.15, -0.1) is 0 Å². The number of fused-ring (bicyclic) bond motifs is 1. The van der Waals surface area contributed by atoms with E-state index in [9.17, 15) is 9.59 Å². The minimum Gasteiger partial charge on any atom is -0.422 e. The Bertz CT molecular complexity index is 915. The van der Waals surface area contributed by atoms with E-state index in [-0.39, 0.29) is 0 Å². The highest BCUT2D eigenvalue weighted by Gasteiger charge is 2.13. The minimum absolute atomic E-state index is 0.322. The summed E-state index contributed by atoms with van der Waals surface area (Å²) in [5, 5.41) is 0.232. The van der Waals surface area contributed by atoms with Gasteiger partial charge < -0.3 is 4.42 Å². The summed E-state index contributed by atoms with van der Waals surface area (Å²) < 4.78 is 6.00. The van der Waals surface area contributed by atoms with Crippen LogP contribution < -0.4 is 5.63 Å². The fourth-order valence-corrected chi connectivity index (χ4v) is 2.68. The molecule has 0 radical (unpaired) electrons. The topological polar surface area (TPSA) is 47.3 Å². The third kappa shape index (κ3) is 2.64. The summed E-state index contributed by atoms with van der Waals surface area (Å²) in [6.07, 6.45) is 0. The van der Waals surface area contributed by atoms with Gasteiger partial charge in [0.1, 0.15) is 5.58 Å². The first kappa shape index (κ1) is 14.0. The van der Waals surface area contributed by atoms with E-state index < -0.39 is 10.9 Å². The Morgan fingerprint density at radius 1 is 1.05 bits per heavy atom. The highest BCUT2D eigenvalue weighted by Crippen LogP contribution is 2.29. The van der Waals surface area contributed by atoms with Crippen molar-refractivity contribution in [2.45, 2.75) is 0 Å². The van der Waals surface area contributed by atoms with Gasteiger partial charge in [0.05, 0.1) is 5.56 Å². The maximum Gasteiger partial charge on any atom is 0.344 e. The Balaban J connectivity index is 2.29. The van der Waals surface area contributed by atoms with Gasteiger partial charge in [0.2, 0.25) is 0 Å². The van der Waals surface area contributed by atoms with Crippen LogP contribution in [0.1, 0.15) is 10.4 Å². The molecule has 1 heterocycles. The first-order valence-electron chi connectivity index (χ1n) is 6.09. The monoisotopic (exact) mass is 362 g/mol. The summed E-state index contributed by atoms with van der Waals surface area (Å²) in [5.41, 5.74) is 1.32. The van der Waals surface area contributed by atoms with Crippen molar-refractivity contribution in [3.63, 3.8) is 0 Å². The number of hydrogen-bond donors (Lipinski definition) is 0. The fourth-order valence-electron chi connectivity index (χ4n) is 2.10. The third-order valence-corrected chi connectivity index (χ3v) is 4.03. The number of carbonyl (C=O) groups excluding carboxylic acids is 1. The molecule has 21 heavy (non-hydrogen) atoms. The molecular formula is C16H8BrClO3. The van der Waals surface area contributed by atoms with Crippen molar-refractivity contribution in [3.05, 3.63) is 69.0 Å². The summed E-state index contributed by atoms with van der Waals surface area (Å²) >= 11 is 8.87. The van der Waals surface area contributed by atoms with Gasteiger partial charge in [-0.1, -0.05) is 34.1 Å². The van der Waals surface area contributed by atoms with E-state index in [0.717, 1.165) is 5.39 Å². The van der Waals surface area contributed by atoms with E-state index in [4.69, 9.17) is 16.0 Å². The molecule has 0 atom stereocenters. The van der Waals surface area contributed by atoms with Crippen molar-refractivity contribution in [2.75, 3.05) is 0 Å². The number of benzene rings is 2. The maximum absolute atomic E-state index is 12.2. The molecule has 0 fully saturated rings. The SMILES string of the molecule is O=C(Cl)c1ccc(Br)c(-c2cc3ccccc3oc2=O)c1. The summed E-state index contributed by atoms with van der Waals surface area (Å²) in [6, 6.07) is 13.8. The van der Waals surface area contributed by atoms with E-state index in [2.05, 4.69) is 15.9 Å². The molecule has 0 aliphatic carbocycles. The van der Waals surface area contributed by atoms with E-state index in [0.29, 0.717) is 26.7 Å². The van der Waals surface area contributed by atoms with Crippen molar-refractivity contribution in [1.29, 1.82) is 0 Å². The molecule has 1 aromatic heterocycles. The lowest BCUT2D eigenvalue weighted by atomic mass is 10.0. The highest BCUT2D eigenvalue weighted by atomic mass is 79.9. The van der Waals surface area contributed by atoms with Crippen LogP contribution in [0.15, 0.2) is 62.2 Å². The standard InChI is InChI=1S/C16H8BrClO3/c17-13-6-5-10(15(18)19)8-11(13)12-7-9-3-1-2-4-14(9)21-16(12)20/h1-8H. The lowest BCUT2D eigenvalue weighted by Crippen LogP contribution is -2.04. The molecule has 3 aromatic rings. The van der Waals surface area contributed by atoms with Crippen LogP contribution in [0.3, 0.4) is 0 Å². The molecule has 0 N–H and O–H groups in total. The van der Waals surface area contributed by atoms with Crippen molar-refractivity contribution < 1.29 is 9.21 Å². The van der Waals surface area contributed by atoms with Crippen LogP contribution in [0.25, 0.3) is 22.1 Å². The molecule has 3 rings (SSSR count).